The minimum absolute atomic E-state index is 0.0476. The van der Waals surface area contributed by atoms with Gasteiger partial charge in [0.2, 0.25) is 5.91 Å². The molecule has 0 spiro atoms. The minimum Gasteiger partial charge on any atom is -0.325 e. The molecule has 5 aromatic rings. The highest BCUT2D eigenvalue weighted by Gasteiger charge is 2.23. The first-order valence-electron chi connectivity index (χ1n) is 13.9. The number of hydrogen-bond acceptors (Lipinski definition) is 4. The van der Waals surface area contributed by atoms with E-state index in [-0.39, 0.29) is 11.6 Å². The first-order chi connectivity index (χ1) is 21.8. The fourth-order valence-electron chi connectivity index (χ4n) is 4.33. The zero-order chi connectivity index (χ0) is 31.6. The second-order valence-electron chi connectivity index (χ2n) is 9.82. The molecule has 1 unspecified atom stereocenters. The summed E-state index contributed by atoms with van der Waals surface area (Å²) in [6.45, 7) is 0. The Morgan fingerprint density at radius 1 is 0.644 bits per heavy atom. The number of rotatable bonds is 10. The number of benzene rings is 5. The molecule has 0 aliphatic rings. The molecule has 0 radical (unpaired) electrons. The molecule has 6 nitrogen and oxygen atoms in total. The summed E-state index contributed by atoms with van der Waals surface area (Å²) in [6.07, 6.45) is 1.56. The Morgan fingerprint density at radius 2 is 1.29 bits per heavy atom. The fraction of sp³-hybridized carbons (Fsp3) is 0.0278. The third-order valence-corrected chi connectivity index (χ3v) is 8.22. The maximum Gasteiger partial charge on any atom is 0.272 e. The number of thioether (sulfide) groups is 1. The van der Waals surface area contributed by atoms with Crippen LogP contribution in [0, 0.1) is 0 Å². The van der Waals surface area contributed by atoms with Crippen molar-refractivity contribution < 1.29 is 14.4 Å². The van der Waals surface area contributed by atoms with Gasteiger partial charge in [-0.3, -0.25) is 14.4 Å². The van der Waals surface area contributed by atoms with Gasteiger partial charge in [-0.05, 0) is 83.9 Å². The number of carbonyl (C=O) groups is 3. The van der Waals surface area contributed by atoms with Crippen molar-refractivity contribution in [1.82, 2.24) is 5.32 Å². The van der Waals surface area contributed by atoms with Crippen LogP contribution in [0.4, 0.5) is 11.4 Å². The summed E-state index contributed by atoms with van der Waals surface area (Å²) in [5, 5.41) is 9.00. The van der Waals surface area contributed by atoms with Crippen molar-refractivity contribution in [2.24, 2.45) is 0 Å². The van der Waals surface area contributed by atoms with E-state index in [0.29, 0.717) is 32.5 Å². The van der Waals surface area contributed by atoms with E-state index in [9.17, 15) is 14.4 Å². The summed E-state index contributed by atoms with van der Waals surface area (Å²) in [4.78, 5) is 40.5. The monoisotopic (exact) mass is 651 g/mol. The lowest BCUT2D eigenvalue weighted by molar-refractivity contribution is -0.116. The summed E-state index contributed by atoms with van der Waals surface area (Å²) >= 11 is 13.6. The first kappa shape index (κ1) is 31.6. The van der Waals surface area contributed by atoms with Crippen LogP contribution in [0.3, 0.4) is 0 Å². The zero-order valence-corrected chi connectivity index (χ0v) is 26.1. The number of amides is 3. The van der Waals surface area contributed by atoms with Gasteiger partial charge in [-0.25, -0.2) is 0 Å². The molecule has 0 bridgehead atoms. The fourth-order valence-corrected chi connectivity index (χ4v) is 5.75. The van der Waals surface area contributed by atoms with E-state index in [1.54, 1.807) is 91.0 Å². The van der Waals surface area contributed by atoms with Crippen molar-refractivity contribution in [2.45, 2.75) is 10.1 Å². The predicted molar refractivity (Wildman–Crippen MR) is 184 cm³/mol. The summed E-state index contributed by atoms with van der Waals surface area (Å²) in [6, 6.07) is 39.2. The number of hydrogen-bond donors (Lipinski definition) is 3. The molecule has 5 rings (SSSR count). The zero-order valence-electron chi connectivity index (χ0n) is 23.7. The van der Waals surface area contributed by atoms with Crippen LogP contribution in [0.1, 0.15) is 26.7 Å². The van der Waals surface area contributed by atoms with Crippen molar-refractivity contribution in [2.75, 3.05) is 10.6 Å². The normalized spacial score (nSPS) is 11.7. The standard InChI is InChI=1S/C36H27Cl2N3O3S/c37-27-14-7-9-24(21-27)22-32(41-34(42)26-12-5-2-6-13-26)35(43)39-29-17-19-31(20-18-29)45-33(25-10-3-1-4-11-25)36(44)40-30-16-8-15-28(38)23-30/h1-23,33H,(H,39,43)(H,40,44)(H,41,42)/b32-22-. The Balaban J connectivity index is 1.33. The van der Waals surface area contributed by atoms with Crippen LogP contribution in [-0.2, 0) is 9.59 Å². The predicted octanol–water partition coefficient (Wildman–Crippen LogP) is 8.88. The lowest BCUT2D eigenvalue weighted by atomic mass is 10.1. The van der Waals surface area contributed by atoms with Gasteiger partial charge in [-0.2, -0.15) is 0 Å². The van der Waals surface area contributed by atoms with E-state index in [1.165, 1.54) is 11.8 Å². The van der Waals surface area contributed by atoms with Crippen LogP contribution in [0.2, 0.25) is 10.0 Å². The molecule has 9 heteroatoms. The van der Waals surface area contributed by atoms with Crippen molar-refractivity contribution in [1.29, 1.82) is 0 Å². The summed E-state index contributed by atoms with van der Waals surface area (Å²) in [5.41, 5.74) is 3.06. The van der Waals surface area contributed by atoms with E-state index in [0.717, 1.165) is 10.5 Å². The van der Waals surface area contributed by atoms with Gasteiger partial charge in [0.25, 0.3) is 11.8 Å². The van der Waals surface area contributed by atoms with E-state index in [1.807, 2.05) is 48.5 Å². The molecule has 0 aliphatic carbocycles. The van der Waals surface area contributed by atoms with E-state index >= 15 is 0 Å². The number of carbonyl (C=O) groups excluding carboxylic acids is 3. The lowest BCUT2D eigenvalue weighted by Gasteiger charge is -2.18. The molecule has 0 aromatic heterocycles. The van der Waals surface area contributed by atoms with E-state index < -0.39 is 17.1 Å². The molecule has 224 valence electrons. The average Bonchev–Trinajstić information content (AvgIpc) is 3.05. The van der Waals surface area contributed by atoms with Crippen molar-refractivity contribution >= 4 is 70.1 Å². The van der Waals surface area contributed by atoms with Gasteiger partial charge >= 0.3 is 0 Å². The number of anilines is 2. The molecular weight excluding hydrogens is 625 g/mol. The molecule has 1 atom stereocenters. The van der Waals surface area contributed by atoms with Crippen LogP contribution in [0.25, 0.3) is 6.08 Å². The van der Waals surface area contributed by atoms with Crippen molar-refractivity contribution in [3.63, 3.8) is 0 Å². The molecule has 5 aromatic carbocycles. The average molecular weight is 653 g/mol. The van der Waals surface area contributed by atoms with E-state index in [4.69, 9.17) is 23.2 Å². The molecule has 0 saturated heterocycles. The molecule has 3 amide bonds. The Labute approximate surface area is 275 Å². The topological polar surface area (TPSA) is 87.3 Å². The van der Waals surface area contributed by atoms with Gasteiger partial charge in [0.05, 0.1) is 0 Å². The molecule has 3 N–H and O–H groups in total. The largest absolute Gasteiger partial charge is 0.325 e. The number of nitrogens with one attached hydrogen (secondary N) is 3. The van der Waals surface area contributed by atoms with Gasteiger partial charge < -0.3 is 16.0 Å². The highest BCUT2D eigenvalue weighted by molar-refractivity contribution is 8.00. The second kappa shape index (κ2) is 15.3. The summed E-state index contributed by atoms with van der Waals surface area (Å²) in [7, 11) is 0. The smallest absolute Gasteiger partial charge is 0.272 e. The van der Waals surface area contributed by atoms with Crippen LogP contribution >= 0.6 is 35.0 Å². The second-order valence-corrected chi connectivity index (χ2v) is 11.9. The summed E-state index contributed by atoms with van der Waals surface area (Å²) < 4.78 is 0. The first-order valence-corrected chi connectivity index (χ1v) is 15.5. The molecule has 0 fully saturated rings. The maximum atomic E-state index is 13.4. The van der Waals surface area contributed by atoms with Gasteiger partial charge in [-0.1, -0.05) is 89.9 Å². The highest BCUT2D eigenvalue weighted by Crippen LogP contribution is 2.37. The quantitative estimate of drug-likeness (QED) is 0.104. The maximum absolute atomic E-state index is 13.4. The molecular formula is C36H27Cl2N3O3S. The van der Waals surface area contributed by atoms with Gasteiger partial charge in [0.15, 0.2) is 0 Å². The Kier molecular flexibility index (Phi) is 10.7. The van der Waals surface area contributed by atoms with Crippen LogP contribution in [0.15, 0.2) is 144 Å². The minimum atomic E-state index is -0.550. The van der Waals surface area contributed by atoms with Crippen molar-refractivity contribution in [3.8, 4) is 0 Å². The SMILES string of the molecule is O=C(Nc1ccc(SC(C(=O)Nc2cccc(Cl)c2)c2ccccc2)cc1)/C(=C/c1cccc(Cl)c1)NC(=O)c1ccccc1. The van der Waals surface area contributed by atoms with Gasteiger partial charge in [0, 0.05) is 31.9 Å². The molecule has 0 heterocycles. The Bertz CT molecular complexity index is 1830. The van der Waals surface area contributed by atoms with Crippen molar-refractivity contribution in [3.05, 3.63) is 166 Å². The van der Waals surface area contributed by atoms with Crippen LogP contribution in [0.5, 0.6) is 0 Å². The van der Waals surface area contributed by atoms with Crippen LogP contribution in [-0.4, -0.2) is 17.7 Å². The third kappa shape index (κ3) is 9.09. The summed E-state index contributed by atoms with van der Waals surface area (Å²) in [5.74, 6) is -1.13. The molecule has 45 heavy (non-hydrogen) atoms. The van der Waals surface area contributed by atoms with Gasteiger partial charge in [-0.15, -0.1) is 11.8 Å². The van der Waals surface area contributed by atoms with Crippen LogP contribution < -0.4 is 16.0 Å². The Morgan fingerprint density at radius 3 is 1.96 bits per heavy atom. The number of halogens is 2. The molecule has 0 aliphatic heterocycles. The highest BCUT2D eigenvalue weighted by atomic mass is 35.5. The lowest BCUT2D eigenvalue weighted by Crippen LogP contribution is -2.30. The van der Waals surface area contributed by atoms with Gasteiger partial charge in [0.1, 0.15) is 10.9 Å². The Hall–Kier alpha value is -4.82. The third-order valence-electron chi connectivity index (χ3n) is 6.49. The van der Waals surface area contributed by atoms with E-state index in [2.05, 4.69) is 16.0 Å². The molecule has 0 saturated carbocycles.